The molecule has 0 aliphatic carbocycles. The minimum atomic E-state index is -0.403. The predicted octanol–water partition coefficient (Wildman–Crippen LogP) is 0.929. The Morgan fingerprint density at radius 1 is 1.47 bits per heavy atom. The van der Waals surface area contributed by atoms with Crippen LogP contribution in [-0.2, 0) is 14.3 Å². The smallest absolute Gasteiger partial charge is 0.245 e. The second-order valence-corrected chi connectivity index (χ2v) is 6.20. The number of rotatable bonds is 3. The van der Waals surface area contributed by atoms with Gasteiger partial charge in [0.1, 0.15) is 6.04 Å². The molecule has 2 unspecified atom stereocenters. The largest absolute Gasteiger partial charge is 0.373 e. The van der Waals surface area contributed by atoms with Crippen molar-refractivity contribution in [1.29, 1.82) is 0 Å². The fraction of sp³-hybridized carbons (Fsp3) is 0.857. The molecule has 2 fully saturated rings. The second-order valence-electron chi connectivity index (χ2n) is 6.20. The molecule has 2 rings (SSSR count). The molecule has 0 bridgehead atoms. The molecule has 19 heavy (non-hydrogen) atoms. The van der Waals surface area contributed by atoms with Gasteiger partial charge in [-0.15, -0.1) is 0 Å². The van der Waals surface area contributed by atoms with Crippen molar-refractivity contribution in [1.82, 2.24) is 10.2 Å². The highest BCUT2D eigenvalue weighted by molar-refractivity contribution is 5.90. The standard InChI is InChI=1S/C14H24N2O3/c1-10(2)12-13(18)16(7-5-11(17)15-12)9-14(3)6-4-8-19-14/h10,12H,4-9H2,1-3H3,(H,15,17). The maximum absolute atomic E-state index is 12.5. The quantitative estimate of drug-likeness (QED) is 0.828. The van der Waals surface area contributed by atoms with Crippen molar-refractivity contribution in [2.75, 3.05) is 19.7 Å². The van der Waals surface area contributed by atoms with Crippen LogP contribution >= 0.6 is 0 Å². The van der Waals surface area contributed by atoms with Crippen LogP contribution in [0.15, 0.2) is 0 Å². The van der Waals surface area contributed by atoms with E-state index >= 15 is 0 Å². The molecule has 0 spiro atoms. The zero-order valence-electron chi connectivity index (χ0n) is 12.1. The molecule has 2 atom stereocenters. The Balaban J connectivity index is 2.10. The Morgan fingerprint density at radius 3 is 2.79 bits per heavy atom. The summed E-state index contributed by atoms with van der Waals surface area (Å²) in [6.07, 6.45) is 2.40. The Bertz CT molecular complexity index is 362. The zero-order valence-corrected chi connectivity index (χ0v) is 12.1. The van der Waals surface area contributed by atoms with Crippen molar-refractivity contribution in [3.8, 4) is 0 Å². The summed E-state index contributed by atoms with van der Waals surface area (Å²) < 4.78 is 5.76. The summed E-state index contributed by atoms with van der Waals surface area (Å²) in [6.45, 7) is 7.82. The molecule has 5 heteroatoms. The lowest BCUT2D eigenvalue weighted by Gasteiger charge is -2.33. The maximum Gasteiger partial charge on any atom is 0.245 e. The van der Waals surface area contributed by atoms with E-state index in [9.17, 15) is 9.59 Å². The van der Waals surface area contributed by atoms with Crippen LogP contribution in [0.25, 0.3) is 0 Å². The van der Waals surface area contributed by atoms with E-state index in [0.717, 1.165) is 19.4 Å². The first kappa shape index (κ1) is 14.3. The fourth-order valence-corrected chi connectivity index (χ4v) is 2.82. The molecular weight excluding hydrogens is 244 g/mol. The number of nitrogens with zero attached hydrogens (tertiary/aromatic N) is 1. The van der Waals surface area contributed by atoms with Gasteiger partial charge in [-0.2, -0.15) is 0 Å². The Labute approximate surface area is 114 Å². The summed E-state index contributed by atoms with van der Waals surface area (Å²) in [5.41, 5.74) is -0.245. The van der Waals surface area contributed by atoms with Crippen molar-refractivity contribution < 1.29 is 14.3 Å². The molecule has 5 nitrogen and oxygen atoms in total. The highest BCUT2D eigenvalue weighted by Gasteiger charge is 2.38. The molecule has 2 amide bonds. The summed E-state index contributed by atoms with van der Waals surface area (Å²) in [6, 6.07) is -0.403. The number of nitrogens with one attached hydrogen (secondary N) is 1. The van der Waals surface area contributed by atoms with E-state index in [1.165, 1.54) is 0 Å². The molecule has 2 aliphatic rings. The van der Waals surface area contributed by atoms with Crippen LogP contribution in [0, 0.1) is 5.92 Å². The monoisotopic (exact) mass is 268 g/mol. The lowest BCUT2D eigenvalue weighted by molar-refractivity contribution is -0.137. The number of amides is 2. The van der Waals surface area contributed by atoms with Crippen LogP contribution in [0.2, 0.25) is 0 Å². The average Bonchev–Trinajstić information content (AvgIpc) is 2.71. The Kier molecular flexibility index (Phi) is 4.13. The predicted molar refractivity (Wildman–Crippen MR) is 71.6 cm³/mol. The molecule has 0 aromatic rings. The first-order valence-corrected chi connectivity index (χ1v) is 7.13. The van der Waals surface area contributed by atoms with Crippen molar-refractivity contribution in [2.24, 2.45) is 5.92 Å². The van der Waals surface area contributed by atoms with Gasteiger partial charge in [0.25, 0.3) is 0 Å². The lowest BCUT2D eigenvalue weighted by Crippen LogP contribution is -2.51. The van der Waals surface area contributed by atoms with Gasteiger partial charge in [0.05, 0.1) is 5.60 Å². The summed E-state index contributed by atoms with van der Waals surface area (Å²) in [5.74, 6) is 0.0963. The van der Waals surface area contributed by atoms with Crippen LogP contribution < -0.4 is 5.32 Å². The molecule has 2 heterocycles. The van der Waals surface area contributed by atoms with Crippen LogP contribution in [0.1, 0.15) is 40.0 Å². The number of ether oxygens (including phenoxy) is 1. The van der Waals surface area contributed by atoms with Crippen molar-refractivity contribution in [3.05, 3.63) is 0 Å². The molecule has 108 valence electrons. The van der Waals surface area contributed by atoms with Gasteiger partial charge in [-0.05, 0) is 25.7 Å². The third-order valence-corrected chi connectivity index (χ3v) is 4.00. The van der Waals surface area contributed by atoms with E-state index in [-0.39, 0.29) is 23.3 Å². The van der Waals surface area contributed by atoms with Gasteiger partial charge in [0, 0.05) is 26.1 Å². The normalized spacial score (nSPS) is 32.6. The number of carbonyl (C=O) groups is 2. The summed E-state index contributed by atoms with van der Waals surface area (Å²) in [4.78, 5) is 26.0. The molecule has 2 saturated heterocycles. The van der Waals surface area contributed by atoms with Crippen LogP contribution in [0.3, 0.4) is 0 Å². The molecule has 0 aromatic carbocycles. The average molecular weight is 268 g/mol. The first-order valence-electron chi connectivity index (χ1n) is 7.13. The lowest BCUT2D eigenvalue weighted by atomic mass is 9.99. The summed E-state index contributed by atoms with van der Waals surface area (Å²) in [7, 11) is 0. The van der Waals surface area contributed by atoms with Gasteiger partial charge in [0.15, 0.2) is 0 Å². The maximum atomic E-state index is 12.5. The van der Waals surface area contributed by atoms with E-state index in [0.29, 0.717) is 19.5 Å². The summed E-state index contributed by atoms with van der Waals surface area (Å²) in [5, 5.41) is 2.82. The molecule has 1 N–H and O–H groups in total. The highest BCUT2D eigenvalue weighted by atomic mass is 16.5. The van der Waals surface area contributed by atoms with Gasteiger partial charge in [0.2, 0.25) is 11.8 Å². The van der Waals surface area contributed by atoms with Crippen LogP contribution in [-0.4, -0.2) is 48.1 Å². The fourth-order valence-electron chi connectivity index (χ4n) is 2.82. The topological polar surface area (TPSA) is 58.6 Å². The number of hydrogen-bond donors (Lipinski definition) is 1. The van der Waals surface area contributed by atoms with Crippen LogP contribution in [0.5, 0.6) is 0 Å². The molecular formula is C14H24N2O3. The van der Waals surface area contributed by atoms with Crippen molar-refractivity contribution in [3.63, 3.8) is 0 Å². The third-order valence-electron chi connectivity index (χ3n) is 4.00. The zero-order chi connectivity index (χ0) is 14.0. The summed E-state index contributed by atoms with van der Waals surface area (Å²) >= 11 is 0. The van der Waals surface area contributed by atoms with Crippen molar-refractivity contribution >= 4 is 11.8 Å². The van der Waals surface area contributed by atoms with Gasteiger partial charge >= 0.3 is 0 Å². The van der Waals surface area contributed by atoms with Gasteiger partial charge in [-0.3, -0.25) is 9.59 Å². The van der Waals surface area contributed by atoms with Crippen molar-refractivity contribution in [2.45, 2.75) is 51.7 Å². The van der Waals surface area contributed by atoms with E-state index in [2.05, 4.69) is 12.2 Å². The third kappa shape index (κ3) is 3.26. The van der Waals surface area contributed by atoms with Crippen LogP contribution in [0.4, 0.5) is 0 Å². The number of hydrogen-bond acceptors (Lipinski definition) is 3. The Hall–Kier alpha value is -1.10. The van der Waals surface area contributed by atoms with E-state index in [1.54, 1.807) is 4.90 Å². The molecule has 0 radical (unpaired) electrons. The second kappa shape index (κ2) is 5.49. The SMILES string of the molecule is CC(C)C1NC(=O)CCN(CC2(C)CCCO2)C1=O. The van der Waals surface area contributed by atoms with Gasteiger partial charge in [-0.25, -0.2) is 0 Å². The minimum absolute atomic E-state index is 0.0255. The molecule has 2 aliphatic heterocycles. The number of carbonyl (C=O) groups excluding carboxylic acids is 2. The highest BCUT2D eigenvalue weighted by Crippen LogP contribution is 2.27. The van der Waals surface area contributed by atoms with Gasteiger partial charge < -0.3 is 15.0 Å². The van der Waals surface area contributed by atoms with Gasteiger partial charge in [-0.1, -0.05) is 13.8 Å². The van der Waals surface area contributed by atoms with E-state index in [4.69, 9.17) is 4.74 Å². The van der Waals surface area contributed by atoms with E-state index < -0.39 is 6.04 Å². The van der Waals surface area contributed by atoms with E-state index in [1.807, 2.05) is 13.8 Å². The molecule has 0 saturated carbocycles. The Morgan fingerprint density at radius 2 is 2.21 bits per heavy atom. The molecule has 0 aromatic heterocycles. The minimum Gasteiger partial charge on any atom is -0.373 e. The first-order chi connectivity index (χ1) is 8.91.